The van der Waals surface area contributed by atoms with Gasteiger partial charge in [-0.25, -0.2) is 0 Å². The van der Waals surface area contributed by atoms with Crippen LogP contribution in [0.1, 0.15) is 18.4 Å². The van der Waals surface area contributed by atoms with Crippen LogP contribution >= 0.6 is 23.7 Å². The van der Waals surface area contributed by atoms with Crippen LogP contribution in [-0.4, -0.2) is 27.9 Å². The lowest BCUT2D eigenvalue weighted by Gasteiger charge is -2.01. The lowest BCUT2D eigenvalue weighted by molar-refractivity contribution is 0.191. The lowest BCUT2D eigenvalue weighted by atomic mass is 10.2. The molecule has 1 fully saturated rings. The number of aliphatic hydroxyl groups excluding tert-OH is 1. The predicted molar refractivity (Wildman–Crippen MR) is 66.2 cm³/mol. The van der Waals surface area contributed by atoms with Crippen molar-refractivity contribution < 1.29 is 9.63 Å². The predicted octanol–water partition coefficient (Wildman–Crippen LogP) is 1.62. The van der Waals surface area contributed by atoms with Crippen LogP contribution in [0.2, 0.25) is 0 Å². The summed E-state index contributed by atoms with van der Waals surface area (Å²) in [6.07, 6.45) is 0.314. The molecule has 2 atom stereocenters. The Labute approximate surface area is 108 Å². The quantitative estimate of drug-likeness (QED) is 0.870. The van der Waals surface area contributed by atoms with E-state index in [9.17, 15) is 5.11 Å². The summed E-state index contributed by atoms with van der Waals surface area (Å²) in [6.45, 7) is 0.585. The van der Waals surface area contributed by atoms with Crippen LogP contribution < -0.4 is 5.32 Å². The molecule has 2 N–H and O–H groups in total. The smallest absolute Gasteiger partial charge is 0.244 e. The summed E-state index contributed by atoms with van der Waals surface area (Å²) >= 11 is 1.58. The number of β-amino-alcohol motifs (C(OH)–C–C–N with tert-alkyl or cyclic N) is 1. The standard InChI is InChI=1S/C10H11N3O2S.ClH/c14-6-4-7(11-5-6)10-12-9(13-15-10)8-2-1-3-16-8;/h1-3,6-7,11,14H,4-5H2;1H/t6-,7-;/m1./s1. The molecule has 0 spiro atoms. The zero-order chi connectivity index (χ0) is 11.0. The summed E-state index contributed by atoms with van der Waals surface area (Å²) in [5.41, 5.74) is 0. The number of aliphatic hydroxyl groups is 1. The van der Waals surface area contributed by atoms with E-state index in [1.807, 2.05) is 17.5 Å². The van der Waals surface area contributed by atoms with Crippen LogP contribution in [0.25, 0.3) is 10.7 Å². The van der Waals surface area contributed by atoms with Crippen LogP contribution in [0.15, 0.2) is 22.0 Å². The van der Waals surface area contributed by atoms with Crippen molar-refractivity contribution in [3.8, 4) is 10.7 Å². The van der Waals surface area contributed by atoms with E-state index in [-0.39, 0.29) is 24.6 Å². The van der Waals surface area contributed by atoms with E-state index >= 15 is 0 Å². The molecule has 0 radical (unpaired) electrons. The van der Waals surface area contributed by atoms with Crippen molar-refractivity contribution >= 4 is 23.7 Å². The molecule has 17 heavy (non-hydrogen) atoms. The highest BCUT2D eigenvalue weighted by atomic mass is 35.5. The Hall–Kier alpha value is -0.950. The molecule has 0 aromatic carbocycles. The molecule has 0 saturated carbocycles. The third-order valence-electron chi connectivity index (χ3n) is 2.59. The van der Waals surface area contributed by atoms with Gasteiger partial charge in [0.1, 0.15) is 0 Å². The van der Waals surface area contributed by atoms with Crippen LogP contribution in [0.5, 0.6) is 0 Å². The maximum absolute atomic E-state index is 9.40. The van der Waals surface area contributed by atoms with Gasteiger partial charge in [0, 0.05) is 6.54 Å². The molecule has 3 rings (SSSR count). The number of hydrogen-bond acceptors (Lipinski definition) is 6. The van der Waals surface area contributed by atoms with Gasteiger partial charge in [0.15, 0.2) is 0 Å². The van der Waals surface area contributed by atoms with Crippen LogP contribution in [0.3, 0.4) is 0 Å². The number of thiophene rings is 1. The Morgan fingerprint density at radius 2 is 2.41 bits per heavy atom. The van der Waals surface area contributed by atoms with E-state index in [0.717, 1.165) is 4.88 Å². The number of nitrogens with zero attached hydrogens (tertiary/aromatic N) is 2. The molecular formula is C10H12ClN3O2S. The van der Waals surface area contributed by atoms with Gasteiger partial charge >= 0.3 is 0 Å². The molecule has 0 unspecified atom stereocenters. The van der Waals surface area contributed by atoms with Gasteiger partial charge in [-0.1, -0.05) is 11.2 Å². The minimum Gasteiger partial charge on any atom is -0.392 e. The normalized spacial score (nSPS) is 23.6. The minimum atomic E-state index is -0.318. The molecule has 3 heterocycles. The zero-order valence-corrected chi connectivity index (χ0v) is 10.5. The van der Waals surface area contributed by atoms with Crippen molar-refractivity contribution in [1.82, 2.24) is 15.5 Å². The average Bonchev–Trinajstić information content (AvgIpc) is 2.97. The highest BCUT2D eigenvalue weighted by Crippen LogP contribution is 2.26. The largest absolute Gasteiger partial charge is 0.392 e. The third kappa shape index (κ3) is 2.50. The fraction of sp³-hybridized carbons (Fsp3) is 0.400. The Morgan fingerprint density at radius 1 is 1.53 bits per heavy atom. The SMILES string of the molecule is Cl.O[C@H]1CN[C@@H](c2nc(-c3cccs3)no2)C1. The van der Waals surface area contributed by atoms with Gasteiger partial charge in [-0.3, -0.25) is 0 Å². The summed E-state index contributed by atoms with van der Waals surface area (Å²) in [6, 6.07) is 3.89. The van der Waals surface area contributed by atoms with Gasteiger partial charge in [0.05, 0.1) is 17.0 Å². The molecule has 2 aromatic rings. The first-order valence-corrected chi connectivity index (χ1v) is 6.00. The summed E-state index contributed by atoms with van der Waals surface area (Å²) in [5, 5.41) is 18.4. The highest BCUT2D eigenvalue weighted by molar-refractivity contribution is 7.13. The first-order valence-electron chi connectivity index (χ1n) is 5.12. The molecule has 5 nitrogen and oxygen atoms in total. The molecule has 92 valence electrons. The first kappa shape index (κ1) is 12.5. The number of hydrogen-bond donors (Lipinski definition) is 2. The zero-order valence-electron chi connectivity index (χ0n) is 8.87. The first-order chi connectivity index (χ1) is 7.83. The molecule has 0 amide bonds. The summed E-state index contributed by atoms with van der Waals surface area (Å²) < 4.78 is 5.19. The van der Waals surface area contributed by atoms with E-state index in [2.05, 4.69) is 15.5 Å². The Morgan fingerprint density at radius 3 is 3.06 bits per heavy atom. The van der Waals surface area contributed by atoms with E-state index in [1.54, 1.807) is 11.3 Å². The summed E-state index contributed by atoms with van der Waals surface area (Å²) in [4.78, 5) is 5.32. The fourth-order valence-corrected chi connectivity index (χ4v) is 2.44. The van der Waals surface area contributed by atoms with E-state index < -0.39 is 0 Å². The summed E-state index contributed by atoms with van der Waals surface area (Å²) in [7, 11) is 0. The van der Waals surface area contributed by atoms with Crippen molar-refractivity contribution in [2.24, 2.45) is 0 Å². The van der Waals surface area contributed by atoms with Crippen molar-refractivity contribution in [2.45, 2.75) is 18.6 Å². The molecule has 0 bridgehead atoms. The minimum absolute atomic E-state index is 0. The Kier molecular flexibility index (Phi) is 3.78. The fourth-order valence-electron chi connectivity index (χ4n) is 1.79. The molecule has 0 aliphatic carbocycles. The number of aromatic nitrogens is 2. The Balaban J connectivity index is 0.00000108. The maximum Gasteiger partial charge on any atom is 0.244 e. The molecule has 7 heteroatoms. The van der Waals surface area contributed by atoms with E-state index in [4.69, 9.17) is 4.52 Å². The number of nitrogens with one attached hydrogen (secondary N) is 1. The van der Waals surface area contributed by atoms with Crippen LogP contribution in [0, 0.1) is 0 Å². The van der Waals surface area contributed by atoms with Gasteiger partial charge in [-0.2, -0.15) is 4.98 Å². The summed E-state index contributed by atoms with van der Waals surface area (Å²) in [5.74, 6) is 1.17. The number of halogens is 1. The van der Waals surface area contributed by atoms with Crippen molar-refractivity contribution in [2.75, 3.05) is 6.54 Å². The van der Waals surface area contributed by atoms with Crippen molar-refractivity contribution in [3.05, 3.63) is 23.4 Å². The van der Waals surface area contributed by atoms with Gasteiger partial charge < -0.3 is 14.9 Å². The second-order valence-electron chi connectivity index (χ2n) is 3.78. The van der Waals surface area contributed by atoms with Crippen LogP contribution in [0.4, 0.5) is 0 Å². The van der Waals surface area contributed by atoms with Gasteiger partial charge in [-0.15, -0.1) is 23.7 Å². The third-order valence-corrected chi connectivity index (χ3v) is 3.45. The molecule has 1 saturated heterocycles. The van der Waals surface area contributed by atoms with Gasteiger partial charge in [0.2, 0.25) is 11.7 Å². The van der Waals surface area contributed by atoms with Crippen molar-refractivity contribution in [1.29, 1.82) is 0 Å². The van der Waals surface area contributed by atoms with Gasteiger partial charge in [0.25, 0.3) is 0 Å². The molecular weight excluding hydrogens is 262 g/mol. The molecule has 1 aliphatic rings. The average molecular weight is 274 g/mol. The van der Waals surface area contributed by atoms with E-state index in [1.165, 1.54) is 0 Å². The maximum atomic E-state index is 9.40. The van der Waals surface area contributed by atoms with Gasteiger partial charge in [-0.05, 0) is 17.9 Å². The molecule has 1 aliphatic heterocycles. The highest BCUT2D eigenvalue weighted by Gasteiger charge is 2.28. The van der Waals surface area contributed by atoms with Crippen molar-refractivity contribution in [3.63, 3.8) is 0 Å². The number of rotatable bonds is 2. The lowest BCUT2D eigenvalue weighted by Crippen LogP contribution is -2.15. The topological polar surface area (TPSA) is 71.2 Å². The monoisotopic (exact) mass is 273 g/mol. The second kappa shape index (κ2) is 5.14. The van der Waals surface area contributed by atoms with Crippen LogP contribution in [-0.2, 0) is 0 Å². The second-order valence-corrected chi connectivity index (χ2v) is 4.73. The Bertz CT molecular complexity index is 474. The molecule has 2 aromatic heterocycles. The van der Waals surface area contributed by atoms with E-state index in [0.29, 0.717) is 24.7 Å².